The summed E-state index contributed by atoms with van der Waals surface area (Å²) in [6.45, 7) is 0.636. The first-order chi connectivity index (χ1) is 10.3. The molecule has 0 fully saturated rings. The summed E-state index contributed by atoms with van der Waals surface area (Å²) in [4.78, 5) is 14.3. The van der Waals surface area contributed by atoms with Gasteiger partial charge >= 0.3 is 0 Å². The van der Waals surface area contributed by atoms with Crippen molar-refractivity contribution in [2.24, 2.45) is 0 Å². The third-order valence-electron chi connectivity index (χ3n) is 2.75. The van der Waals surface area contributed by atoms with Gasteiger partial charge in [0.15, 0.2) is 5.76 Å². The van der Waals surface area contributed by atoms with Crippen LogP contribution in [-0.4, -0.2) is 32.7 Å². The molecular weight excluding hydrogens is 290 g/mol. The van der Waals surface area contributed by atoms with E-state index in [4.69, 9.17) is 4.42 Å². The highest BCUT2D eigenvalue weighted by atomic mass is 32.1. The minimum atomic E-state index is -0.144. The molecule has 0 saturated carbocycles. The van der Waals surface area contributed by atoms with Gasteiger partial charge in [0.2, 0.25) is 11.7 Å². The number of nitrogens with one attached hydrogen (secondary N) is 1. The Labute approximate surface area is 124 Å². The zero-order chi connectivity index (χ0) is 14.5. The summed E-state index contributed by atoms with van der Waals surface area (Å²) in [7, 11) is 0. The first-order valence-electron chi connectivity index (χ1n) is 6.42. The number of hydrogen-bond donors (Lipinski definition) is 1. The molecule has 1 N–H and O–H groups in total. The highest BCUT2D eigenvalue weighted by Gasteiger charge is 2.10. The quantitative estimate of drug-likeness (QED) is 0.743. The third kappa shape index (κ3) is 3.54. The maximum atomic E-state index is 11.8. The zero-order valence-electron chi connectivity index (χ0n) is 11.1. The first kappa shape index (κ1) is 13.5. The third-order valence-corrected chi connectivity index (χ3v) is 3.69. The standard InChI is InChI=1S/C13H13N5O2S/c19-12(14-6-5-10-3-2-8-21-10)9-18-16-13(15-17-18)11-4-1-7-20-11/h1-4,7-8H,5-6,9H2,(H,14,19). The molecule has 0 atom stereocenters. The van der Waals surface area contributed by atoms with Gasteiger partial charge in [-0.25, -0.2) is 0 Å². The van der Waals surface area contributed by atoms with Crippen molar-refractivity contribution in [2.45, 2.75) is 13.0 Å². The number of carbonyl (C=O) groups excluding carboxylic acids is 1. The Kier molecular flexibility index (Phi) is 4.06. The van der Waals surface area contributed by atoms with Crippen molar-refractivity contribution in [3.63, 3.8) is 0 Å². The van der Waals surface area contributed by atoms with Gasteiger partial charge in [-0.2, -0.15) is 4.80 Å². The van der Waals surface area contributed by atoms with Gasteiger partial charge in [-0.1, -0.05) is 6.07 Å². The SMILES string of the molecule is O=C(Cn1nnc(-c2ccco2)n1)NCCc1cccs1. The van der Waals surface area contributed by atoms with E-state index in [2.05, 4.69) is 20.7 Å². The summed E-state index contributed by atoms with van der Waals surface area (Å²) in [5.74, 6) is 0.751. The van der Waals surface area contributed by atoms with E-state index in [9.17, 15) is 4.79 Å². The lowest BCUT2D eigenvalue weighted by Gasteiger charge is -2.02. The van der Waals surface area contributed by atoms with Gasteiger partial charge in [0.05, 0.1) is 6.26 Å². The van der Waals surface area contributed by atoms with E-state index in [1.807, 2.05) is 17.5 Å². The lowest BCUT2D eigenvalue weighted by atomic mass is 10.3. The average Bonchev–Trinajstić information content (AvgIpc) is 3.21. The molecule has 3 aromatic rings. The van der Waals surface area contributed by atoms with E-state index in [-0.39, 0.29) is 12.5 Å². The maximum absolute atomic E-state index is 11.8. The molecule has 0 aromatic carbocycles. The zero-order valence-corrected chi connectivity index (χ0v) is 11.9. The molecule has 0 aliphatic rings. The number of thiophene rings is 1. The normalized spacial score (nSPS) is 10.7. The van der Waals surface area contributed by atoms with Crippen molar-refractivity contribution in [2.75, 3.05) is 6.54 Å². The lowest BCUT2D eigenvalue weighted by Crippen LogP contribution is -2.30. The molecule has 8 heteroatoms. The molecule has 3 heterocycles. The second-order valence-electron chi connectivity index (χ2n) is 4.30. The molecule has 7 nitrogen and oxygen atoms in total. The number of hydrogen-bond acceptors (Lipinski definition) is 6. The lowest BCUT2D eigenvalue weighted by molar-refractivity contribution is -0.122. The van der Waals surface area contributed by atoms with Crippen LogP contribution in [-0.2, 0) is 17.8 Å². The summed E-state index contributed by atoms with van der Waals surface area (Å²) in [5, 5.41) is 16.6. The highest BCUT2D eigenvalue weighted by Crippen LogP contribution is 2.12. The van der Waals surface area contributed by atoms with Crippen LogP contribution in [0, 0.1) is 0 Å². The van der Waals surface area contributed by atoms with Crippen LogP contribution < -0.4 is 5.32 Å². The van der Waals surface area contributed by atoms with Crippen LogP contribution in [0.2, 0.25) is 0 Å². The summed E-state index contributed by atoms with van der Waals surface area (Å²) >= 11 is 1.68. The number of tetrazole rings is 1. The number of amides is 1. The number of nitrogens with zero attached hydrogens (tertiary/aromatic N) is 4. The van der Waals surface area contributed by atoms with Crippen molar-refractivity contribution in [3.05, 3.63) is 40.8 Å². The molecule has 0 saturated heterocycles. The Hall–Kier alpha value is -2.48. The van der Waals surface area contributed by atoms with Gasteiger partial charge in [0, 0.05) is 11.4 Å². The molecule has 0 spiro atoms. The van der Waals surface area contributed by atoms with E-state index in [0.29, 0.717) is 18.1 Å². The van der Waals surface area contributed by atoms with Crippen molar-refractivity contribution in [1.29, 1.82) is 0 Å². The minimum Gasteiger partial charge on any atom is -0.461 e. The second-order valence-corrected chi connectivity index (χ2v) is 5.33. The molecule has 0 aliphatic carbocycles. The van der Waals surface area contributed by atoms with Gasteiger partial charge in [0.1, 0.15) is 6.54 Å². The molecular formula is C13H13N5O2S. The molecule has 1 amide bonds. The van der Waals surface area contributed by atoms with Crippen LogP contribution in [0.15, 0.2) is 40.3 Å². The van der Waals surface area contributed by atoms with Crippen LogP contribution in [0.4, 0.5) is 0 Å². The fourth-order valence-corrected chi connectivity index (χ4v) is 2.49. The minimum absolute atomic E-state index is 0.0398. The number of rotatable bonds is 6. The maximum Gasteiger partial charge on any atom is 0.243 e. The number of carbonyl (C=O) groups is 1. The van der Waals surface area contributed by atoms with E-state index in [1.165, 1.54) is 15.9 Å². The van der Waals surface area contributed by atoms with Crippen LogP contribution in [0.5, 0.6) is 0 Å². The largest absolute Gasteiger partial charge is 0.461 e. The van der Waals surface area contributed by atoms with E-state index in [0.717, 1.165) is 6.42 Å². The Morgan fingerprint density at radius 2 is 2.33 bits per heavy atom. The van der Waals surface area contributed by atoms with Crippen LogP contribution in [0.3, 0.4) is 0 Å². The fourth-order valence-electron chi connectivity index (χ4n) is 1.78. The molecule has 3 rings (SSSR count). The smallest absolute Gasteiger partial charge is 0.243 e. The summed E-state index contributed by atoms with van der Waals surface area (Å²) in [6, 6.07) is 7.53. The average molecular weight is 303 g/mol. The number of aromatic nitrogens is 4. The van der Waals surface area contributed by atoms with Gasteiger partial charge < -0.3 is 9.73 Å². The Morgan fingerprint density at radius 1 is 1.38 bits per heavy atom. The summed E-state index contributed by atoms with van der Waals surface area (Å²) < 4.78 is 5.17. The summed E-state index contributed by atoms with van der Waals surface area (Å²) in [5.41, 5.74) is 0. The fraction of sp³-hybridized carbons (Fsp3) is 0.231. The Morgan fingerprint density at radius 3 is 3.10 bits per heavy atom. The molecule has 3 aromatic heterocycles. The Balaban J connectivity index is 1.48. The highest BCUT2D eigenvalue weighted by molar-refractivity contribution is 7.09. The first-order valence-corrected chi connectivity index (χ1v) is 7.30. The topological polar surface area (TPSA) is 85.8 Å². The number of furan rings is 1. The van der Waals surface area contributed by atoms with E-state index < -0.39 is 0 Å². The monoisotopic (exact) mass is 303 g/mol. The molecule has 0 bridgehead atoms. The second kappa shape index (κ2) is 6.31. The molecule has 21 heavy (non-hydrogen) atoms. The van der Waals surface area contributed by atoms with Gasteiger partial charge in [0.25, 0.3) is 0 Å². The predicted octanol–water partition coefficient (Wildman–Crippen LogP) is 1.35. The predicted molar refractivity (Wildman–Crippen MR) is 76.6 cm³/mol. The van der Waals surface area contributed by atoms with E-state index >= 15 is 0 Å². The molecule has 0 aliphatic heterocycles. The van der Waals surface area contributed by atoms with Gasteiger partial charge in [-0.3, -0.25) is 4.79 Å². The van der Waals surface area contributed by atoms with Crippen LogP contribution in [0.1, 0.15) is 4.88 Å². The molecule has 0 radical (unpaired) electrons. The van der Waals surface area contributed by atoms with E-state index in [1.54, 1.807) is 23.5 Å². The van der Waals surface area contributed by atoms with Crippen molar-refractivity contribution >= 4 is 17.2 Å². The van der Waals surface area contributed by atoms with Crippen molar-refractivity contribution in [1.82, 2.24) is 25.5 Å². The summed E-state index contributed by atoms with van der Waals surface area (Å²) in [6.07, 6.45) is 2.36. The Bertz CT molecular complexity index is 690. The van der Waals surface area contributed by atoms with Gasteiger partial charge in [-0.05, 0) is 35.2 Å². The van der Waals surface area contributed by atoms with Crippen LogP contribution in [0.25, 0.3) is 11.6 Å². The van der Waals surface area contributed by atoms with Crippen LogP contribution >= 0.6 is 11.3 Å². The molecule has 108 valence electrons. The molecule has 0 unspecified atom stereocenters. The van der Waals surface area contributed by atoms with Crippen molar-refractivity contribution < 1.29 is 9.21 Å². The van der Waals surface area contributed by atoms with Gasteiger partial charge in [-0.15, -0.1) is 21.5 Å². The van der Waals surface area contributed by atoms with Crippen molar-refractivity contribution in [3.8, 4) is 11.6 Å².